The van der Waals surface area contributed by atoms with Crippen molar-refractivity contribution in [3.05, 3.63) is 58.2 Å². The second-order valence-electron chi connectivity index (χ2n) is 6.26. The highest BCUT2D eigenvalue weighted by atomic mass is 79.9. The van der Waals surface area contributed by atoms with Gasteiger partial charge in [0.1, 0.15) is 0 Å². The van der Waals surface area contributed by atoms with Crippen LogP contribution in [0, 0.1) is 0 Å². The number of carbonyl (C=O) groups excluding carboxylic acids is 1. The molecule has 1 heterocycles. The zero-order valence-electron chi connectivity index (χ0n) is 15.5. The van der Waals surface area contributed by atoms with Crippen molar-refractivity contribution >= 4 is 32.7 Å². The monoisotopic (exact) mass is 430 g/mol. The lowest BCUT2D eigenvalue weighted by molar-refractivity contribution is -0.121. The van der Waals surface area contributed by atoms with E-state index < -0.39 is 0 Å². The van der Waals surface area contributed by atoms with Gasteiger partial charge in [0.15, 0.2) is 11.5 Å². The molecule has 6 heteroatoms. The Morgan fingerprint density at radius 3 is 2.59 bits per heavy atom. The summed E-state index contributed by atoms with van der Waals surface area (Å²) in [7, 11) is 3.22. The molecule has 0 saturated heterocycles. The number of fused-ring (bicyclic) bond motifs is 1. The van der Waals surface area contributed by atoms with E-state index >= 15 is 0 Å². The van der Waals surface area contributed by atoms with E-state index in [-0.39, 0.29) is 5.91 Å². The van der Waals surface area contributed by atoms with Crippen LogP contribution in [0.4, 0.5) is 0 Å². The van der Waals surface area contributed by atoms with Crippen LogP contribution in [0.25, 0.3) is 10.9 Å². The third-order valence-electron chi connectivity index (χ3n) is 4.57. The van der Waals surface area contributed by atoms with E-state index in [1.165, 1.54) is 10.9 Å². The van der Waals surface area contributed by atoms with Crippen molar-refractivity contribution in [1.82, 2.24) is 10.3 Å². The lowest BCUT2D eigenvalue weighted by Gasteiger charge is -2.12. The van der Waals surface area contributed by atoms with E-state index in [9.17, 15) is 4.79 Å². The average Bonchev–Trinajstić information content (AvgIpc) is 3.10. The molecule has 0 saturated carbocycles. The Labute approximate surface area is 167 Å². The summed E-state index contributed by atoms with van der Waals surface area (Å²) in [6.07, 6.45) is 3.88. The lowest BCUT2D eigenvalue weighted by atomic mass is 10.1. The van der Waals surface area contributed by atoms with E-state index in [4.69, 9.17) is 9.47 Å². The zero-order chi connectivity index (χ0) is 19.2. The highest BCUT2D eigenvalue weighted by molar-refractivity contribution is 9.10. The molecule has 0 unspecified atom stereocenters. The van der Waals surface area contributed by atoms with E-state index in [2.05, 4.69) is 32.3 Å². The first kappa shape index (κ1) is 19.3. The molecule has 5 nitrogen and oxygen atoms in total. The summed E-state index contributed by atoms with van der Waals surface area (Å²) in [5, 5.41) is 4.17. The number of para-hydroxylation sites is 1. The van der Waals surface area contributed by atoms with Crippen LogP contribution >= 0.6 is 15.9 Å². The number of benzene rings is 2. The Bertz CT molecular complexity index is 936. The van der Waals surface area contributed by atoms with Crippen molar-refractivity contribution in [3.8, 4) is 11.5 Å². The Morgan fingerprint density at radius 1 is 1.07 bits per heavy atom. The van der Waals surface area contributed by atoms with E-state index in [0.717, 1.165) is 22.0 Å². The number of halogens is 1. The fourth-order valence-electron chi connectivity index (χ4n) is 3.10. The summed E-state index contributed by atoms with van der Waals surface area (Å²) in [6.45, 7) is 0.570. The summed E-state index contributed by atoms with van der Waals surface area (Å²) in [5.74, 6) is 1.41. The molecule has 0 bridgehead atoms. The topological polar surface area (TPSA) is 63.3 Å². The number of hydrogen-bond acceptors (Lipinski definition) is 3. The van der Waals surface area contributed by atoms with Crippen LogP contribution in [-0.4, -0.2) is 31.7 Å². The largest absolute Gasteiger partial charge is 0.493 e. The van der Waals surface area contributed by atoms with Crippen molar-refractivity contribution in [2.24, 2.45) is 0 Å². The SMILES string of the molecule is COc1cc(Br)c(CCNC(=O)CCc2c[nH]c3ccccc23)cc1OC. The minimum absolute atomic E-state index is 0.0527. The number of rotatable bonds is 8. The number of carbonyl (C=O) groups is 1. The van der Waals surface area contributed by atoms with Crippen LogP contribution in [0.1, 0.15) is 17.5 Å². The summed E-state index contributed by atoms with van der Waals surface area (Å²) >= 11 is 3.55. The van der Waals surface area contributed by atoms with Crippen molar-refractivity contribution in [1.29, 1.82) is 0 Å². The first-order valence-corrected chi connectivity index (χ1v) is 9.63. The number of aromatic nitrogens is 1. The maximum atomic E-state index is 12.2. The first-order chi connectivity index (χ1) is 13.1. The molecule has 27 heavy (non-hydrogen) atoms. The maximum absolute atomic E-state index is 12.2. The summed E-state index contributed by atoms with van der Waals surface area (Å²) in [6, 6.07) is 11.9. The van der Waals surface area contributed by atoms with Crippen molar-refractivity contribution in [2.45, 2.75) is 19.3 Å². The molecular formula is C21H23BrN2O3. The molecule has 2 aromatic carbocycles. The van der Waals surface area contributed by atoms with Gasteiger partial charge in [-0.25, -0.2) is 0 Å². The number of hydrogen-bond donors (Lipinski definition) is 2. The van der Waals surface area contributed by atoms with Gasteiger partial charge in [-0.15, -0.1) is 0 Å². The number of nitrogens with one attached hydrogen (secondary N) is 2. The number of methoxy groups -OCH3 is 2. The Kier molecular flexibility index (Phi) is 6.40. The second-order valence-corrected chi connectivity index (χ2v) is 7.11. The summed E-state index contributed by atoms with van der Waals surface area (Å²) in [5.41, 5.74) is 3.33. The molecule has 2 N–H and O–H groups in total. The van der Waals surface area contributed by atoms with Crippen molar-refractivity contribution < 1.29 is 14.3 Å². The molecule has 0 aliphatic carbocycles. The Balaban J connectivity index is 1.51. The van der Waals surface area contributed by atoms with Crippen molar-refractivity contribution in [2.75, 3.05) is 20.8 Å². The van der Waals surface area contributed by atoms with Gasteiger partial charge < -0.3 is 19.8 Å². The van der Waals surface area contributed by atoms with Gasteiger partial charge >= 0.3 is 0 Å². The number of ether oxygens (including phenoxy) is 2. The first-order valence-electron chi connectivity index (χ1n) is 8.84. The predicted molar refractivity (Wildman–Crippen MR) is 111 cm³/mol. The average molecular weight is 431 g/mol. The highest BCUT2D eigenvalue weighted by Gasteiger charge is 2.10. The van der Waals surface area contributed by atoms with Gasteiger partial charge in [-0.2, -0.15) is 0 Å². The highest BCUT2D eigenvalue weighted by Crippen LogP contribution is 2.33. The molecule has 0 atom stereocenters. The molecule has 3 rings (SSSR count). The number of aromatic amines is 1. The van der Waals surface area contributed by atoms with Gasteiger partial charge in [-0.05, 0) is 42.2 Å². The van der Waals surface area contributed by atoms with Crippen LogP contribution in [0.2, 0.25) is 0 Å². The molecule has 3 aromatic rings. The minimum atomic E-state index is 0.0527. The predicted octanol–water partition coefficient (Wildman–Crippen LogP) is 4.24. The van der Waals surface area contributed by atoms with E-state index in [1.807, 2.05) is 36.5 Å². The van der Waals surface area contributed by atoms with Gasteiger partial charge in [0, 0.05) is 34.5 Å². The Morgan fingerprint density at radius 2 is 1.81 bits per heavy atom. The quantitative estimate of drug-likeness (QED) is 0.561. The Hall–Kier alpha value is -2.47. The molecule has 142 valence electrons. The number of aryl methyl sites for hydroxylation is 1. The van der Waals surface area contributed by atoms with Gasteiger partial charge in [-0.1, -0.05) is 34.1 Å². The third-order valence-corrected chi connectivity index (χ3v) is 5.30. The molecule has 0 aliphatic heterocycles. The zero-order valence-corrected chi connectivity index (χ0v) is 17.1. The normalized spacial score (nSPS) is 10.8. The van der Waals surface area contributed by atoms with Gasteiger partial charge in [0.2, 0.25) is 5.91 Å². The summed E-state index contributed by atoms with van der Waals surface area (Å²) < 4.78 is 11.6. The number of H-pyrrole nitrogens is 1. The van der Waals surface area contributed by atoms with Crippen LogP contribution in [0.3, 0.4) is 0 Å². The fraction of sp³-hybridized carbons (Fsp3) is 0.286. The van der Waals surface area contributed by atoms with Crippen LogP contribution in [0.5, 0.6) is 11.5 Å². The van der Waals surface area contributed by atoms with Crippen LogP contribution in [-0.2, 0) is 17.6 Å². The maximum Gasteiger partial charge on any atom is 0.220 e. The fourth-order valence-corrected chi connectivity index (χ4v) is 3.62. The minimum Gasteiger partial charge on any atom is -0.493 e. The van der Waals surface area contributed by atoms with E-state index in [1.54, 1.807) is 14.2 Å². The molecular weight excluding hydrogens is 408 g/mol. The lowest BCUT2D eigenvalue weighted by Crippen LogP contribution is -2.26. The molecule has 0 radical (unpaired) electrons. The van der Waals surface area contributed by atoms with Gasteiger partial charge in [-0.3, -0.25) is 4.79 Å². The number of amides is 1. The third kappa shape index (κ3) is 4.63. The molecule has 0 aliphatic rings. The molecule has 1 amide bonds. The standard InChI is InChI=1S/C21H23BrN2O3/c1-26-19-11-14(17(22)12-20(19)27-2)9-10-23-21(25)8-7-15-13-24-18-6-4-3-5-16(15)18/h3-6,11-13,24H,7-10H2,1-2H3,(H,23,25). The van der Waals surface area contributed by atoms with Gasteiger partial charge in [0.05, 0.1) is 14.2 Å². The second kappa shape index (κ2) is 8.95. The summed E-state index contributed by atoms with van der Waals surface area (Å²) in [4.78, 5) is 15.4. The van der Waals surface area contributed by atoms with Crippen LogP contribution < -0.4 is 14.8 Å². The molecule has 0 spiro atoms. The molecule has 0 fully saturated rings. The van der Waals surface area contributed by atoms with Gasteiger partial charge in [0.25, 0.3) is 0 Å². The van der Waals surface area contributed by atoms with E-state index in [0.29, 0.717) is 30.9 Å². The molecule has 1 aromatic heterocycles. The smallest absolute Gasteiger partial charge is 0.220 e. The van der Waals surface area contributed by atoms with Crippen LogP contribution in [0.15, 0.2) is 47.1 Å². The van der Waals surface area contributed by atoms with Crippen molar-refractivity contribution in [3.63, 3.8) is 0 Å².